The van der Waals surface area contributed by atoms with E-state index in [1.165, 1.54) is 12.5 Å². The van der Waals surface area contributed by atoms with Gasteiger partial charge in [-0.2, -0.15) is 0 Å². The fourth-order valence-corrected chi connectivity index (χ4v) is 3.52. The molecule has 128 valence electrons. The Morgan fingerprint density at radius 3 is 2.39 bits per heavy atom. The average Bonchev–Trinajstić information content (AvgIpc) is 3.29. The van der Waals surface area contributed by atoms with Crippen LogP contribution in [0.25, 0.3) is 0 Å². The third-order valence-corrected chi connectivity index (χ3v) is 5.27. The molecule has 3 N–H and O–H groups in total. The molecule has 0 aliphatic heterocycles. The molecule has 1 aromatic carbocycles. The van der Waals surface area contributed by atoms with Crippen LogP contribution in [-0.2, 0) is 11.2 Å². The van der Waals surface area contributed by atoms with Crippen LogP contribution in [0.2, 0.25) is 0 Å². The number of nitrogens with two attached hydrogens (primary N) is 1. The summed E-state index contributed by atoms with van der Waals surface area (Å²) in [4.78, 5) is 12.5. The second kappa shape index (κ2) is 7.18. The molecule has 0 radical (unpaired) electrons. The molecule has 0 bridgehead atoms. The Hall–Kier alpha value is -1.13. The fourth-order valence-electron chi connectivity index (χ4n) is 3.52. The Morgan fingerprint density at radius 1 is 1.13 bits per heavy atom. The van der Waals surface area contributed by atoms with E-state index in [9.17, 15) is 9.18 Å². The van der Waals surface area contributed by atoms with Crippen molar-refractivity contribution in [2.24, 2.45) is 11.1 Å². The largest absolute Gasteiger partial charge is 0.354 e. The monoisotopic (exact) mass is 340 g/mol. The lowest BCUT2D eigenvalue weighted by Gasteiger charge is -2.34. The van der Waals surface area contributed by atoms with Crippen molar-refractivity contribution in [1.29, 1.82) is 0 Å². The number of hydrogen-bond acceptors (Lipinski definition) is 2. The maximum absolute atomic E-state index is 13.8. The van der Waals surface area contributed by atoms with Crippen LogP contribution in [0.4, 0.5) is 4.39 Å². The highest BCUT2D eigenvalue weighted by Gasteiger charge is 2.50. The van der Waals surface area contributed by atoms with E-state index in [-0.39, 0.29) is 29.7 Å². The van der Waals surface area contributed by atoms with Crippen molar-refractivity contribution >= 4 is 18.3 Å². The van der Waals surface area contributed by atoms with Crippen molar-refractivity contribution in [1.82, 2.24) is 5.32 Å². The first-order chi connectivity index (χ1) is 10.5. The third kappa shape index (κ3) is 4.24. The van der Waals surface area contributed by atoms with Crippen molar-refractivity contribution in [3.8, 4) is 0 Å². The quantitative estimate of drug-likeness (QED) is 0.863. The lowest BCUT2D eigenvalue weighted by molar-refractivity contribution is -0.126. The maximum Gasteiger partial charge on any atom is 0.226 e. The molecule has 2 saturated carbocycles. The summed E-state index contributed by atoms with van der Waals surface area (Å²) in [5.41, 5.74) is 6.35. The summed E-state index contributed by atoms with van der Waals surface area (Å²) in [5.74, 6) is -0.171. The van der Waals surface area contributed by atoms with Crippen LogP contribution in [0.15, 0.2) is 24.3 Å². The second-order valence-corrected chi connectivity index (χ2v) is 7.15. The van der Waals surface area contributed by atoms with E-state index in [1.807, 2.05) is 6.07 Å². The van der Waals surface area contributed by atoms with Gasteiger partial charge in [-0.25, -0.2) is 4.39 Å². The number of halogens is 2. The molecule has 0 saturated heterocycles. The summed E-state index contributed by atoms with van der Waals surface area (Å²) in [6.45, 7) is 0.546. The molecule has 2 aliphatic carbocycles. The molecule has 5 heteroatoms. The predicted octanol–water partition coefficient (Wildman–Crippen LogP) is 3.35. The Labute approximate surface area is 143 Å². The Kier molecular flexibility index (Phi) is 5.69. The van der Waals surface area contributed by atoms with E-state index in [4.69, 9.17) is 5.73 Å². The molecule has 0 atom stereocenters. The lowest BCUT2D eigenvalue weighted by atomic mass is 9.82. The zero-order valence-electron chi connectivity index (χ0n) is 13.4. The molecular formula is C18H26ClFN2O. The molecule has 3 rings (SSSR count). The van der Waals surface area contributed by atoms with Crippen molar-refractivity contribution in [2.45, 2.75) is 56.9 Å². The minimum Gasteiger partial charge on any atom is -0.354 e. The molecular weight excluding hydrogens is 315 g/mol. The van der Waals surface area contributed by atoms with Crippen molar-refractivity contribution in [3.05, 3.63) is 35.6 Å². The first-order valence-corrected chi connectivity index (χ1v) is 8.34. The highest BCUT2D eigenvalue weighted by Crippen LogP contribution is 2.49. The second-order valence-electron chi connectivity index (χ2n) is 7.15. The first kappa shape index (κ1) is 18.2. The Bertz CT molecular complexity index is 554. The van der Waals surface area contributed by atoms with Gasteiger partial charge in [0.25, 0.3) is 0 Å². The molecule has 0 unspecified atom stereocenters. The minimum absolute atomic E-state index is 0. The third-order valence-electron chi connectivity index (χ3n) is 5.27. The van der Waals surface area contributed by atoms with Gasteiger partial charge >= 0.3 is 0 Å². The molecule has 1 amide bonds. The van der Waals surface area contributed by atoms with E-state index in [1.54, 1.807) is 12.1 Å². The van der Waals surface area contributed by atoms with Gasteiger partial charge in [0.15, 0.2) is 0 Å². The van der Waals surface area contributed by atoms with Crippen LogP contribution in [0, 0.1) is 11.2 Å². The molecule has 0 heterocycles. The smallest absolute Gasteiger partial charge is 0.226 e. The molecule has 1 aromatic rings. The molecule has 3 nitrogen and oxygen atoms in total. The molecule has 23 heavy (non-hydrogen) atoms. The van der Waals surface area contributed by atoms with E-state index in [2.05, 4.69) is 5.32 Å². The predicted molar refractivity (Wildman–Crippen MR) is 92.0 cm³/mol. The SMILES string of the molecule is Cl.NC1(CNC(=O)C2(Cc3ccccc3F)CC2)CCCCC1. The first-order valence-electron chi connectivity index (χ1n) is 8.34. The van der Waals surface area contributed by atoms with Crippen molar-refractivity contribution in [3.63, 3.8) is 0 Å². The minimum atomic E-state index is -0.410. The number of carbonyl (C=O) groups is 1. The summed E-state index contributed by atoms with van der Waals surface area (Å²) in [6.07, 6.45) is 7.66. The van der Waals surface area contributed by atoms with Gasteiger partial charge in [-0.15, -0.1) is 12.4 Å². The summed E-state index contributed by atoms with van der Waals surface area (Å²) in [6, 6.07) is 6.73. The van der Waals surface area contributed by atoms with E-state index < -0.39 is 5.41 Å². The number of nitrogens with one attached hydrogen (secondary N) is 1. The number of benzene rings is 1. The number of amides is 1. The normalized spacial score (nSPS) is 21.1. The van der Waals surface area contributed by atoms with Crippen LogP contribution < -0.4 is 11.1 Å². The highest BCUT2D eigenvalue weighted by atomic mass is 35.5. The lowest BCUT2D eigenvalue weighted by Crippen LogP contribution is -2.52. The van der Waals surface area contributed by atoms with Gasteiger partial charge in [-0.1, -0.05) is 37.5 Å². The summed E-state index contributed by atoms with van der Waals surface area (Å²) >= 11 is 0. The van der Waals surface area contributed by atoms with Crippen LogP contribution in [0.5, 0.6) is 0 Å². The zero-order chi connectivity index (χ0) is 15.6. The number of rotatable bonds is 5. The van der Waals surface area contributed by atoms with E-state index in [0.717, 1.165) is 38.5 Å². The molecule has 2 aliphatic rings. The molecule has 0 spiro atoms. The van der Waals surface area contributed by atoms with Crippen LogP contribution in [0.1, 0.15) is 50.5 Å². The van der Waals surface area contributed by atoms with Gasteiger partial charge in [0.1, 0.15) is 5.82 Å². The van der Waals surface area contributed by atoms with Crippen LogP contribution >= 0.6 is 12.4 Å². The van der Waals surface area contributed by atoms with Crippen LogP contribution in [-0.4, -0.2) is 18.0 Å². The van der Waals surface area contributed by atoms with Gasteiger partial charge in [-0.05, 0) is 43.7 Å². The standard InChI is InChI=1S/C18H25FN2O.ClH/c19-15-7-3-2-6-14(15)12-17(10-11-17)16(22)21-13-18(20)8-4-1-5-9-18;/h2-3,6-7H,1,4-5,8-13,20H2,(H,21,22);1H. The van der Waals surface area contributed by atoms with Crippen molar-refractivity contribution < 1.29 is 9.18 Å². The Balaban J connectivity index is 0.00000192. The van der Waals surface area contributed by atoms with E-state index >= 15 is 0 Å². The number of hydrogen-bond donors (Lipinski definition) is 2. The summed E-state index contributed by atoms with van der Waals surface area (Å²) in [5, 5.41) is 3.05. The number of carbonyl (C=O) groups excluding carboxylic acids is 1. The van der Waals surface area contributed by atoms with Gasteiger partial charge in [0, 0.05) is 12.1 Å². The van der Waals surface area contributed by atoms with Gasteiger partial charge < -0.3 is 11.1 Å². The maximum atomic E-state index is 13.8. The topological polar surface area (TPSA) is 55.1 Å². The van der Waals surface area contributed by atoms with Gasteiger partial charge in [0.05, 0.1) is 5.41 Å². The van der Waals surface area contributed by atoms with Gasteiger partial charge in [-0.3, -0.25) is 4.79 Å². The summed E-state index contributed by atoms with van der Waals surface area (Å²) < 4.78 is 13.8. The average molecular weight is 341 g/mol. The van der Waals surface area contributed by atoms with Crippen molar-refractivity contribution in [2.75, 3.05) is 6.54 Å². The van der Waals surface area contributed by atoms with E-state index in [0.29, 0.717) is 18.5 Å². The summed E-state index contributed by atoms with van der Waals surface area (Å²) in [7, 11) is 0. The molecule has 2 fully saturated rings. The highest BCUT2D eigenvalue weighted by molar-refractivity contribution is 5.86. The molecule has 0 aromatic heterocycles. The van der Waals surface area contributed by atoms with Crippen LogP contribution in [0.3, 0.4) is 0 Å². The zero-order valence-corrected chi connectivity index (χ0v) is 14.3. The fraction of sp³-hybridized carbons (Fsp3) is 0.611. The van der Waals surface area contributed by atoms with Gasteiger partial charge in [0.2, 0.25) is 5.91 Å². The Morgan fingerprint density at radius 2 is 1.78 bits per heavy atom.